The summed E-state index contributed by atoms with van der Waals surface area (Å²) in [5, 5.41) is 0. The Hall–Kier alpha value is -0.790. The van der Waals surface area contributed by atoms with Gasteiger partial charge in [0, 0.05) is 6.92 Å². The van der Waals surface area contributed by atoms with E-state index in [0.29, 0.717) is 10.8 Å². The van der Waals surface area contributed by atoms with Crippen LogP contribution in [0.15, 0.2) is 11.1 Å². The largest absolute Gasteiger partial charge is 0.463 e. The summed E-state index contributed by atoms with van der Waals surface area (Å²) in [5.74, 6) is 4.81. The van der Waals surface area contributed by atoms with Gasteiger partial charge >= 0.3 is 5.97 Å². The standard InChI is InChI=1S/C30H50O2/c1-19(2)20(3)8-9-21(4)26-12-13-27-25-11-10-23-18-24(32-22(5)31)14-16-29(23,6)28(25)15-17-30(26,27)7/h19-21,23-24,26,28H,8-18H2,1-7H3/t20-,21+,23?,24-,26+,28-,29-,30+/m0/s1. The highest BCUT2D eigenvalue weighted by Gasteiger charge is 2.55. The Labute approximate surface area is 198 Å². The van der Waals surface area contributed by atoms with Gasteiger partial charge in [-0.05, 0) is 104 Å². The molecule has 0 saturated heterocycles. The van der Waals surface area contributed by atoms with E-state index in [1.54, 1.807) is 6.92 Å². The van der Waals surface area contributed by atoms with Gasteiger partial charge in [0.1, 0.15) is 6.10 Å². The van der Waals surface area contributed by atoms with Crippen LogP contribution < -0.4 is 0 Å². The second-order valence-electron chi connectivity index (χ2n) is 13.2. The van der Waals surface area contributed by atoms with Gasteiger partial charge in [-0.25, -0.2) is 0 Å². The summed E-state index contributed by atoms with van der Waals surface area (Å²) < 4.78 is 5.65. The molecule has 0 aliphatic heterocycles. The van der Waals surface area contributed by atoms with Gasteiger partial charge in [0.15, 0.2) is 0 Å². The maximum Gasteiger partial charge on any atom is 0.302 e. The highest BCUT2D eigenvalue weighted by Crippen LogP contribution is 2.66. The van der Waals surface area contributed by atoms with E-state index in [4.69, 9.17) is 4.74 Å². The summed E-state index contributed by atoms with van der Waals surface area (Å²) in [5.41, 5.74) is 4.69. The molecule has 3 saturated carbocycles. The van der Waals surface area contributed by atoms with Crippen molar-refractivity contribution in [1.29, 1.82) is 0 Å². The van der Waals surface area contributed by atoms with Gasteiger partial charge in [0.05, 0.1) is 0 Å². The van der Waals surface area contributed by atoms with E-state index < -0.39 is 0 Å². The second kappa shape index (κ2) is 9.10. The van der Waals surface area contributed by atoms with Crippen molar-refractivity contribution in [3.63, 3.8) is 0 Å². The van der Waals surface area contributed by atoms with Crippen molar-refractivity contribution < 1.29 is 9.53 Å². The first-order chi connectivity index (χ1) is 15.1. The van der Waals surface area contributed by atoms with Gasteiger partial charge in [-0.3, -0.25) is 4.79 Å². The highest BCUT2D eigenvalue weighted by atomic mass is 16.5. The van der Waals surface area contributed by atoms with Gasteiger partial charge in [-0.15, -0.1) is 0 Å². The first-order valence-corrected chi connectivity index (χ1v) is 14.0. The average Bonchev–Trinajstić information content (AvgIpc) is 3.08. The van der Waals surface area contributed by atoms with Crippen molar-refractivity contribution in [2.45, 2.75) is 125 Å². The SMILES string of the molecule is CC(=O)O[C@H]1CC[C@@]2(C)C(CCC3=C4CC[C@H]([C@H](C)CC[C@H](C)C(C)C)[C@@]4(C)CC[C@@H]32)C1. The Morgan fingerprint density at radius 3 is 2.44 bits per heavy atom. The minimum Gasteiger partial charge on any atom is -0.463 e. The summed E-state index contributed by atoms with van der Waals surface area (Å²) in [7, 11) is 0. The zero-order chi connectivity index (χ0) is 23.3. The summed E-state index contributed by atoms with van der Waals surface area (Å²) in [6.45, 7) is 16.6. The Bertz CT molecular complexity index is 735. The number of rotatable bonds is 6. The maximum atomic E-state index is 11.5. The molecule has 4 aliphatic carbocycles. The van der Waals surface area contributed by atoms with E-state index in [1.807, 2.05) is 11.1 Å². The van der Waals surface area contributed by atoms with E-state index in [-0.39, 0.29) is 12.1 Å². The van der Waals surface area contributed by atoms with E-state index >= 15 is 0 Å². The molecule has 2 nitrogen and oxygen atoms in total. The number of hydrogen-bond donors (Lipinski definition) is 0. The number of ether oxygens (including phenoxy) is 1. The molecule has 1 unspecified atom stereocenters. The van der Waals surface area contributed by atoms with E-state index in [0.717, 1.165) is 48.3 Å². The summed E-state index contributed by atoms with van der Waals surface area (Å²) in [6, 6.07) is 0. The zero-order valence-electron chi connectivity index (χ0n) is 22.1. The molecule has 0 N–H and O–H groups in total. The molecular weight excluding hydrogens is 392 g/mol. The number of carbonyl (C=O) groups excluding carboxylic acids is 1. The molecule has 0 aromatic carbocycles. The van der Waals surface area contributed by atoms with E-state index in [1.165, 1.54) is 57.8 Å². The third-order valence-electron chi connectivity index (χ3n) is 11.3. The number of hydrogen-bond acceptors (Lipinski definition) is 2. The highest BCUT2D eigenvalue weighted by molar-refractivity contribution is 5.66. The molecule has 0 radical (unpaired) electrons. The Morgan fingerprint density at radius 2 is 1.75 bits per heavy atom. The van der Waals surface area contributed by atoms with Crippen LogP contribution in [0.2, 0.25) is 0 Å². The first kappa shape index (κ1) is 24.3. The van der Waals surface area contributed by atoms with Crippen LogP contribution in [0.5, 0.6) is 0 Å². The molecule has 0 spiro atoms. The lowest BCUT2D eigenvalue weighted by Gasteiger charge is -2.57. The fourth-order valence-corrected chi connectivity index (χ4v) is 8.80. The van der Waals surface area contributed by atoms with Crippen molar-refractivity contribution in [2.24, 2.45) is 46.3 Å². The monoisotopic (exact) mass is 442 g/mol. The van der Waals surface area contributed by atoms with Crippen LogP contribution in [0.1, 0.15) is 119 Å². The molecule has 182 valence electrons. The predicted molar refractivity (Wildman–Crippen MR) is 133 cm³/mol. The molecular formula is C30H50O2. The molecule has 0 bridgehead atoms. The number of allylic oxidation sites excluding steroid dienone is 2. The fourth-order valence-electron chi connectivity index (χ4n) is 8.80. The number of fused-ring (bicyclic) bond motifs is 4. The van der Waals surface area contributed by atoms with Gasteiger partial charge in [0.25, 0.3) is 0 Å². The molecule has 3 fully saturated rings. The van der Waals surface area contributed by atoms with E-state index in [2.05, 4.69) is 41.5 Å². The third-order valence-corrected chi connectivity index (χ3v) is 11.3. The molecule has 8 atom stereocenters. The molecule has 0 amide bonds. The third kappa shape index (κ3) is 4.22. The van der Waals surface area contributed by atoms with Crippen molar-refractivity contribution >= 4 is 5.97 Å². The summed E-state index contributed by atoms with van der Waals surface area (Å²) >= 11 is 0. The molecule has 32 heavy (non-hydrogen) atoms. The molecule has 0 heterocycles. The van der Waals surface area contributed by atoms with Gasteiger partial charge in [-0.1, -0.05) is 65.5 Å². The van der Waals surface area contributed by atoms with Crippen LogP contribution in [0.25, 0.3) is 0 Å². The van der Waals surface area contributed by atoms with Crippen molar-refractivity contribution in [3.8, 4) is 0 Å². The first-order valence-electron chi connectivity index (χ1n) is 14.0. The zero-order valence-corrected chi connectivity index (χ0v) is 22.1. The minimum absolute atomic E-state index is 0.0976. The van der Waals surface area contributed by atoms with Crippen LogP contribution >= 0.6 is 0 Å². The van der Waals surface area contributed by atoms with Crippen molar-refractivity contribution in [2.75, 3.05) is 0 Å². The minimum atomic E-state index is -0.0976. The Balaban J connectivity index is 1.50. The van der Waals surface area contributed by atoms with Gasteiger partial charge < -0.3 is 4.74 Å². The lowest BCUT2D eigenvalue weighted by atomic mass is 9.48. The topological polar surface area (TPSA) is 26.3 Å². The molecule has 0 aromatic heterocycles. The van der Waals surface area contributed by atoms with Crippen molar-refractivity contribution in [3.05, 3.63) is 11.1 Å². The predicted octanol–water partition coefficient (Wildman–Crippen LogP) is 8.35. The summed E-state index contributed by atoms with van der Waals surface area (Å²) in [4.78, 5) is 11.5. The second-order valence-corrected chi connectivity index (χ2v) is 13.2. The molecule has 2 heteroatoms. The van der Waals surface area contributed by atoms with Gasteiger partial charge in [0.2, 0.25) is 0 Å². The van der Waals surface area contributed by atoms with Crippen LogP contribution in [0, 0.1) is 46.3 Å². The average molecular weight is 443 g/mol. The normalized spacial score (nSPS) is 41.0. The van der Waals surface area contributed by atoms with Crippen LogP contribution in [0.3, 0.4) is 0 Å². The molecule has 4 aliphatic rings. The van der Waals surface area contributed by atoms with Crippen LogP contribution in [-0.4, -0.2) is 12.1 Å². The smallest absolute Gasteiger partial charge is 0.302 e. The molecule has 4 rings (SSSR count). The lowest BCUT2D eigenvalue weighted by Crippen LogP contribution is -2.48. The van der Waals surface area contributed by atoms with Crippen LogP contribution in [-0.2, 0) is 9.53 Å². The number of esters is 1. The van der Waals surface area contributed by atoms with Crippen LogP contribution in [0.4, 0.5) is 0 Å². The maximum absolute atomic E-state index is 11.5. The number of carbonyl (C=O) groups is 1. The molecule has 0 aromatic rings. The van der Waals surface area contributed by atoms with E-state index in [9.17, 15) is 4.79 Å². The summed E-state index contributed by atoms with van der Waals surface area (Å²) in [6.07, 6.45) is 14.6. The lowest BCUT2D eigenvalue weighted by molar-refractivity contribution is -0.152. The quantitative estimate of drug-likeness (QED) is 0.305. The fraction of sp³-hybridized carbons (Fsp3) is 0.900. The van der Waals surface area contributed by atoms with Crippen molar-refractivity contribution in [1.82, 2.24) is 0 Å². The Kier molecular flexibility index (Phi) is 6.92. The van der Waals surface area contributed by atoms with Gasteiger partial charge in [-0.2, -0.15) is 0 Å². The Morgan fingerprint density at radius 1 is 1.00 bits per heavy atom.